The van der Waals surface area contributed by atoms with Crippen molar-refractivity contribution in [2.75, 3.05) is 0 Å². The number of carbonyl (C=O) groups excluding carboxylic acids is 3. The predicted molar refractivity (Wildman–Crippen MR) is 82.9 cm³/mol. The lowest BCUT2D eigenvalue weighted by atomic mass is 9.98. The van der Waals surface area contributed by atoms with Gasteiger partial charge in [0.05, 0.1) is 0 Å². The first-order valence-electron chi connectivity index (χ1n) is 7.00. The molecule has 1 heterocycles. The van der Waals surface area contributed by atoms with Crippen molar-refractivity contribution in [3.8, 4) is 0 Å². The molecule has 4 nitrogen and oxygen atoms in total. The predicted octanol–water partition coefficient (Wildman–Crippen LogP) is 3.43. The van der Waals surface area contributed by atoms with E-state index in [1.54, 1.807) is 0 Å². The van der Waals surface area contributed by atoms with Gasteiger partial charge in [0.15, 0.2) is 5.78 Å². The van der Waals surface area contributed by atoms with E-state index in [2.05, 4.69) is 0 Å². The lowest BCUT2D eigenvalue weighted by Gasteiger charge is -2.35. The Morgan fingerprint density at radius 3 is 2.33 bits per heavy atom. The van der Waals surface area contributed by atoms with Gasteiger partial charge in [0, 0.05) is 11.7 Å². The maximum atomic E-state index is 12.4. The van der Waals surface area contributed by atoms with Crippen LogP contribution in [0.5, 0.6) is 0 Å². The van der Waals surface area contributed by atoms with E-state index in [1.807, 2.05) is 44.2 Å². The summed E-state index contributed by atoms with van der Waals surface area (Å²) < 4.78 is 0. The summed E-state index contributed by atoms with van der Waals surface area (Å²) in [6.07, 6.45) is 0.247. The van der Waals surface area contributed by atoms with E-state index >= 15 is 0 Å². The highest BCUT2D eigenvalue weighted by atomic mass is 32.2. The Bertz CT molecular complexity index is 538. The van der Waals surface area contributed by atoms with Gasteiger partial charge in [-0.3, -0.25) is 19.3 Å². The first-order chi connectivity index (χ1) is 9.91. The molecule has 0 radical (unpaired) electrons. The number of nitrogens with zero attached hydrogens (tertiary/aromatic N) is 1. The number of ketones is 1. The van der Waals surface area contributed by atoms with Crippen molar-refractivity contribution in [2.24, 2.45) is 5.92 Å². The average molecular weight is 305 g/mol. The molecule has 2 rings (SSSR count). The molecule has 5 heteroatoms. The summed E-state index contributed by atoms with van der Waals surface area (Å²) in [5.74, 6) is -0.490. The van der Waals surface area contributed by atoms with E-state index in [0.29, 0.717) is 0 Å². The van der Waals surface area contributed by atoms with E-state index in [0.717, 1.165) is 22.2 Å². The summed E-state index contributed by atoms with van der Waals surface area (Å²) in [5, 5.41) is -0.490. The number of Topliss-reactive ketones (excluding diaryl/α,β-unsaturated/α-hetero) is 1. The minimum Gasteiger partial charge on any atom is -0.298 e. The second-order valence-corrected chi connectivity index (χ2v) is 6.70. The highest BCUT2D eigenvalue weighted by Gasteiger charge is 2.41. The summed E-state index contributed by atoms with van der Waals surface area (Å²) >= 11 is 1.13. The van der Waals surface area contributed by atoms with Crippen LogP contribution >= 0.6 is 11.8 Å². The number of hydrogen-bond acceptors (Lipinski definition) is 4. The molecule has 0 aromatic heterocycles. The van der Waals surface area contributed by atoms with Crippen LogP contribution in [-0.2, 0) is 9.59 Å². The van der Waals surface area contributed by atoms with Gasteiger partial charge in [-0.2, -0.15) is 0 Å². The Morgan fingerprint density at radius 2 is 1.86 bits per heavy atom. The highest BCUT2D eigenvalue weighted by Crippen LogP contribution is 2.39. The SMILES string of the molecule is CC(=O)[C@H](C(C)C)N1C(=O)C[C@@H](c2ccccc2)SC1=O. The molecule has 0 unspecified atom stereocenters. The van der Waals surface area contributed by atoms with E-state index in [4.69, 9.17) is 0 Å². The summed E-state index contributed by atoms with van der Waals surface area (Å²) in [6.45, 7) is 5.13. The Balaban J connectivity index is 2.22. The fourth-order valence-electron chi connectivity index (χ4n) is 2.65. The molecule has 21 heavy (non-hydrogen) atoms. The minimum atomic E-state index is -0.658. The summed E-state index contributed by atoms with van der Waals surface area (Å²) in [6, 6.07) is 8.86. The highest BCUT2D eigenvalue weighted by molar-refractivity contribution is 8.13. The van der Waals surface area contributed by atoms with Crippen LogP contribution in [0.15, 0.2) is 30.3 Å². The van der Waals surface area contributed by atoms with Crippen molar-refractivity contribution in [2.45, 2.75) is 38.5 Å². The van der Waals surface area contributed by atoms with Gasteiger partial charge in [0.25, 0.3) is 5.24 Å². The van der Waals surface area contributed by atoms with Crippen LogP contribution in [0.1, 0.15) is 38.0 Å². The zero-order valence-corrected chi connectivity index (χ0v) is 13.2. The number of thioether (sulfide) groups is 1. The lowest BCUT2D eigenvalue weighted by molar-refractivity contribution is -0.136. The molecule has 0 N–H and O–H groups in total. The molecule has 2 atom stereocenters. The minimum absolute atomic E-state index is 0.0794. The first-order valence-corrected chi connectivity index (χ1v) is 7.88. The van der Waals surface area contributed by atoms with E-state index in [9.17, 15) is 14.4 Å². The van der Waals surface area contributed by atoms with Crippen LogP contribution < -0.4 is 0 Å². The third kappa shape index (κ3) is 3.35. The van der Waals surface area contributed by atoms with Crippen molar-refractivity contribution >= 4 is 28.7 Å². The normalized spacial score (nSPS) is 20.8. The molecule has 0 bridgehead atoms. The smallest absolute Gasteiger partial charge is 0.289 e. The molecular formula is C16H19NO3S. The van der Waals surface area contributed by atoms with E-state index in [-0.39, 0.29) is 34.5 Å². The quantitative estimate of drug-likeness (QED) is 0.855. The molecule has 1 saturated heterocycles. The molecule has 1 aromatic carbocycles. The number of benzene rings is 1. The number of imide groups is 1. The molecule has 0 spiro atoms. The molecule has 1 aromatic rings. The molecule has 112 valence electrons. The van der Waals surface area contributed by atoms with Gasteiger partial charge in [0.1, 0.15) is 6.04 Å². The Kier molecular flexibility index (Phi) is 4.83. The lowest BCUT2D eigenvalue weighted by Crippen LogP contribution is -2.51. The van der Waals surface area contributed by atoms with Gasteiger partial charge >= 0.3 is 0 Å². The maximum Gasteiger partial charge on any atom is 0.289 e. The van der Waals surface area contributed by atoms with Crippen molar-refractivity contribution in [1.82, 2.24) is 4.90 Å². The zero-order chi connectivity index (χ0) is 15.6. The van der Waals surface area contributed by atoms with E-state index in [1.165, 1.54) is 6.92 Å². The summed E-state index contributed by atoms with van der Waals surface area (Å²) in [7, 11) is 0. The first kappa shape index (κ1) is 15.8. The Morgan fingerprint density at radius 1 is 1.24 bits per heavy atom. The van der Waals surface area contributed by atoms with Crippen molar-refractivity contribution in [1.29, 1.82) is 0 Å². The van der Waals surface area contributed by atoms with Crippen LogP contribution in [0.2, 0.25) is 0 Å². The van der Waals surface area contributed by atoms with Crippen molar-refractivity contribution < 1.29 is 14.4 Å². The van der Waals surface area contributed by atoms with Gasteiger partial charge in [-0.1, -0.05) is 55.9 Å². The fourth-order valence-corrected chi connectivity index (χ4v) is 3.74. The van der Waals surface area contributed by atoms with Gasteiger partial charge in [-0.25, -0.2) is 0 Å². The monoisotopic (exact) mass is 305 g/mol. The zero-order valence-electron chi connectivity index (χ0n) is 12.4. The third-order valence-corrected chi connectivity index (χ3v) is 4.69. The van der Waals surface area contributed by atoms with Crippen LogP contribution in [0.4, 0.5) is 4.79 Å². The molecule has 0 saturated carbocycles. The van der Waals surface area contributed by atoms with E-state index < -0.39 is 6.04 Å². The van der Waals surface area contributed by atoms with Crippen LogP contribution in [0, 0.1) is 5.92 Å². The molecule has 1 aliphatic rings. The van der Waals surface area contributed by atoms with Crippen molar-refractivity contribution in [3.05, 3.63) is 35.9 Å². The maximum absolute atomic E-state index is 12.4. The van der Waals surface area contributed by atoms with Gasteiger partial charge in [0.2, 0.25) is 5.91 Å². The number of rotatable bonds is 4. The van der Waals surface area contributed by atoms with Crippen LogP contribution in [-0.4, -0.2) is 27.9 Å². The Labute approximate surface area is 128 Å². The second-order valence-electron chi connectivity index (χ2n) is 5.55. The van der Waals surface area contributed by atoms with Gasteiger partial charge in [-0.15, -0.1) is 0 Å². The summed E-state index contributed by atoms with van der Waals surface area (Å²) in [5.41, 5.74) is 0.966. The van der Waals surface area contributed by atoms with Crippen molar-refractivity contribution in [3.63, 3.8) is 0 Å². The van der Waals surface area contributed by atoms with Crippen LogP contribution in [0.25, 0.3) is 0 Å². The second kappa shape index (κ2) is 6.43. The van der Waals surface area contributed by atoms with Crippen LogP contribution in [0.3, 0.4) is 0 Å². The summed E-state index contributed by atoms with van der Waals surface area (Å²) in [4.78, 5) is 37.7. The van der Waals surface area contributed by atoms with Gasteiger partial charge in [-0.05, 0) is 18.4 Å². The topological polar surface area (TPSA) is 54.5 Å². The molecule has 2 amide bonds. The third-order valence-electron chi connectivity index (χ3n) is 3.57. The average Bonchev–Trinajstić information content (AvgIpc) is 2.42. The molecule has 0 aliphatic carbocycles. The molecule has 1 aliphatic heterocycles. The van der Waals surface area contributed by atoms with Gasteiger partial charge < -0.3 is 0 Å². The standard InChI is InChI=1S/C16H19NO3S/c1-10(2)15(11(3)18)17-14(19)9-13(21-16(17)20)12-7-5-4-6-8-12/h4-8,10,13,15H,9H2,1-3H3/t13-,15-/m0/s1. The number of hydrogen-bond donors (Lipinski definition) is 0. The number of carbonyl (C=O) groups is 3. The molecular weight excluding hydrogens is 286 g/mol. The number of amides is 2. The fraction of sp³-hybridized carbons (Fsp3) is 0.438. The molecule has 1 fully saturated rings. The largest absolute Gasteiger partial charge is 0.298 e. The Hall–Kier alpha value is -1.62.